The van der Waals surface area contributed by atoms with Crippen molar-refractivity contribution in [3.05, 3.63) is 66.1 Å². The van der Waals surface area contributed by atoms with Crippen LogP contribution in [0.25, 0.3) is 11.3 Å². The number of pyridine rings is 1. The smallest absolute Gasteiger partial charge is 0.271 e. The lowest BCUT2D eigenvalue weighted by Gasteiger charge is -2.32. The van der Waals surface area contributed by atoms with Gasteiger partial charge in [-0.1, -0.05) is 12.1 Å². The summed E-state index contributed by atoms with van der Waals surface area (Å²) < 4.78 is 5.96. The molecular formula is C22H24N4O2. The second-order valence-corrected chi connectivity index (χ2v) is 7.29. The number of hydrogen-bond acceptors (Lipinski definition) is 4. The van der Waals surface area contributed by atoms with E-state index in [1.807, 2.05) is 41.3 Å². The van der Waals surface area contributed by atoms with E-state index in [1.165, 1.54) is 5.56 Å². The Hall–Kier alpha value is -3.15. The third-order valence-electron chi connectivity index (χ3n) is 5.07. The Balaban J connectivity index is 1.37. The molecule has 1 aromatic carbocycles. The number of benzene rings is 1. The van der Waals surface area contributed by atoms with Crippen LogP contribution in [0.1, 0.15) is 28.9 Å². The summed E-state index contributed by atoms with van der Waals surface area (Å²) in [6, 6.07) is 13.6. The van der Waals surface area contributed by atoms with E-state index >= 15 is 0 Å². The number of nitrogens with one attached hydrogen (secondary N) is 1. The van der Waals surface area contributed by atoms with E-state index in [2.05, 4.69) is 28.2 Å². The van der Waals surface area contributed by atoms with Crippen molar-refractivity contribution in [1.82, 2.24) is 20.1 Å². The van der Waals surface area contributed by atoms with Crippen molar-refractivity contribution in [2.75, 3.05) is 19.7 Å². The average molecular weight is 376 g/mol. The molecule has 1 atom stereocenters. The van der Waals surface area contributed by atoms with Gasteiger partial charge in [-0.15, -0.1) is 0 Å². The third-order valence-corrected chi connectivity index (χ3v) is 5.07. The molecular weight excluding hydrogens is 352 g/mol. The zero-order valence-corrected chi connectivity index (χ0v) is 16.0. The fraction of sp³-hybridized carbons (Fsp3) is 0.318. The lowest BCUT2D eigenvalue weighted by atomic mass is 9.98. The lowest BCUT2D eigenvalue weighted by Crippen LogP contribution is -2.41. The molecule has 3 heterocycles. The molecule has 0 radical (unpaired) electrons. The number of aromatic amines is 1. The van der Waals surface area contributed by atoms with Gasteiger partial charge in [-0.05, 0) is 55.7 Å². The maximum atomic E-state index is 12.9. The van der Waals surface area contributed by atoms with Gasteiger partial charge in [-0.3, -0.25) is 14.9 Å². The largest absolute Gasteiger partial charge is 0.493 e. The van der Waals surface area contributed by atoms with Gasteiger partial charge in [0.2, 0.25) is 0 Å². The standard InChI is InChI=1S/C22H24N4O2/c1-16-4-2-6-19(12-16)28-15-17-5-3-11-26(14-17)22(27)21-13-20(24-25-21)18-7-9-23-10-8-18/h2,4,6-10,12-13,17H,3,5,11,14-15H2,1H3,(H,24,25)/t17-/m1/s1. The quantitative estimate of drug-likeness (QED) is 0.737. The fourth-order valence-corrected chi connectivity index (χ4v) is 3.58. The van der Waals surface area contributed by atoms with Gasteiger partial charge < -0.3 is 9.64 Å². The number of amides is 1. The number of hydrogen-bond donors (Lipinski definition) is 1. The lowest BCUT2D eigenvalue weighted by molar-refractivity contribution is 0.0627. The van der Waals surface area contributed by atoms with E-state index in [-0.39, 0.29) is 5.91 Å². The summed E-state index contributed by atoms with van der Waals surface area (Å²) in [6.07, 6.45) is 5.49. The van der Waals surface area contributed by atoms with Gasteiger partial charge in [0.25, 0.3) is 5.91 Å². The molecule has 144 valence electrons. The van der Waals surface area contributed by atoms with Crippen LogP contribution in [0.15, 0.2) is 54.9 Å². The van der Waals surface area contributed by atoms with E-state index in [0.29, 0.717) is 24.8 Å². The molecule has 28 heavy (non-hydrogen) atoms. The Morgan fingerprint density at radius 1 is 1.25 bits per heavy atom. The Morgan fingerprint density at radius 2 is 2.11 bits per heavy atom. The highest BCUT2D eigenvalue weighted by Gasteiger charge is 2.26. The van der Waals surface area contributed by atoms with Crippen molar-refractivity contribution in [1.29, 1.82) is 0 Å². The maximum Gasteiger partial charge on any atom is 0.271 e. The third kappa shape index (κ3) is 4.22. The molecule has 4 rings (SSSR count). The number of H-pyrrole nitrogens is 1. The summed E-state index contributed by atoms with van der Waals surface area (Å²) in [5.41, 5.74) is 3.39. The summed E-state index contributed by atoms with van der Waals surface area (Å²) in [5.74, 6) is 1.22. The van der Waals surface area contributed by atoms with Crippen LogP contribution >= 0.6 is 0 Å². The van der Waals surface area contributed by atoms with Crippen LogP contribution in [0.4, 0.5) is 0 Å². The predicted molar refractivity (Wildman–Crippen MR) is 107 cm³/mol. The number of carbonyl (C=O) groups excluding carboxylic acids is 1. The number of aryl methyl sites for hydroxylation is 1. The summed E-state index contributed by atoms with van der Waals surface area (Å²) in [7, 11) is 0. The molecule has 0 aliphatic carbocycles. The molecule has 0 saturated carbocycles. The fourth-order valence-electron chi connectivity index (χ4n) is 3.58. The van der Waals surface area contributed by atoms with E-state index in [9.17, 15) is 4.79 Å². The summed E-state index contributed by atoms with van der Waals surface area (Å²) in [6.45, 7) is 4.15. The molecule has 0 unspecified atom stereocenters. The Bertz CT molecular complexity index is 938. The van der Waals surface area contributed by atoms with E-state index in [4.69, 9.17) is 4.74 Å². The van der Waals surface area contributed by atoms with Crippen LogP contribution in [0.2, 0.25) is 0 Å². The second kappa shape index (κ2) is 8.25. The van der Waals surface area contributed by atoms with Gasteiger partial charge in [0.05, 0.1) is 12.3 Å². The highest BCUT2D eigenvalue weighted by Crippen LogP contribution is 2.22. The van der Waals surface area contributed by atoms with E-state index < -0.39 is 0 Å². The van der Waals surface area contributed by atoms with Gasteiger partial charge in [-0.2, -0.15) is 5.10 Å². The van der Waals surface area contributed by atoms with Crippen molar-refractivity contribution < 1.29 is 9.53 Å². The first-order valence-electron chi connectivity index (χ1n) is 9.63. The van der Waals surface area contributed by atoms with Crippen LogP contribution in [0, 0.1) is 12.8 Å². The van der Waals surface area contributed by atoms with Crippen molar-refractivity contribution in [3.63, 3.8) is 0 Å². The summed E-state index contributed by atoms with van der Waals surface area (Å²) in [4.78, 5) is 18.8. The predicted octanol–water partition coefficient (Wildman–Crippen LogP) is 3.71. The van der Waals surface area contributed by atoms with Crippen LogP contribution in [0.3, 0.4) is 0 Å². The molecule has 0 spiro atoms. The number of carbonyl (C=O) groups is 1. The molecule has 0 bridgehead atoms. The van der Waals surface area contributed by atoms with Crippen molar-refractivity contribution in [3.8, 4) is 17.0 Å². The highest BCUT2D eigenvalue weighted by atomic mass is 16.5. The van der Waals surface area contributed by atoms with Gasteiger partial charge in [0.1, 0.15) is 11.4 Å². The van der Waals surface area contributed by atoms with Crippen molar-refractivity contribution in [2.45, 2.75) is 19.8 Å². The van der Waals surface area contributed by atoms with Crippen molar-refractivity contribution in [2.24, 2.45) is 5.92 Å². The van der Waals surface area contributed by atoms with Gasteiger partial charge in [0.15, 0.2) is 0 Å². The number of likely N-dealkylation sites (tertiary alicyclic amines) is 1. The normalized spacial score (nSPS) is 16.8. The topological polar surface area (TPSA) is 71.1 Å². The molecule has 1 aliphatic rings. The van der Waals surface area contributed by atoms with Crippen LogP contribution < -0.4 is 4.74 Å². The molecule has 6 heteroatoms. The summed E-state index contributed by atoms with van der Waals surface area (Å²) in [5, 5.41) is 7.17. The SMILES string of the molecule is Cc1cccc(OC[C@@H]2CCCN(C(=O)c3cc(-c4ccncc4)n[nH]3)C2)c1. The van der Waals surface area contributed by atoms with Gasteiger partial charge in [0, 0.05) is 37.0 Å². The highest BCUT2D eigenvalue weighted by molar-refractivity contribution is 5.93. The first-order valence-corrected chi connectivity index (χ1v) is 9.63. The first-order chi connectivity index (χ1) is 13.7. The van der Waals surface area contributed by atoms with Crippen LogP contribution in [0.5, 0.6) is 5.75 Å². The maximum absolute atomic E-state index is 12.9. The molecule has 6 nitrogen and oxygen atoms in total. The molecule has 1 aliphatic heterocycles. The minimum absolute atomic E-state index is 0.00642. The number of piperidine rings is 1. The second-order valence-electron chi connectivity index (χ2n) is 7.29. The average Bonchev–Trinajstić information content (AvgIpc) is 3.23. The van der Waals surface area contributed by atoms with E-state index in [1.54, 1.807) is 12.4 Å². The van der Waals surface area contributed by atoms with Crippen LogP contribution in [-0.4, -0.2) is 45.7 Å². The van der Waals surface area contributed by atoms with E-state index in [0.717, 1.165) is 36.4 Å². The minimum atomic E-state index is -0.00642. The number of rotatable bonds is 5. The zero-order valence-electron chi connectivity index (χ0n) is 16.0. The molecule has 1 amide bonds. The number of nitrogens with zero attached hydrogens (tertiary/aromatic N) is 3. The molecule has 1 saturated heterocycles. The van der Waals surface area contributed by atoms with Gasteiger partial charge >= 0.3 is 0 Å². The number of ether oxygens (including phenoxy) is 1. The molecule has 3 aromatic rings. The number of aromatic nitrogens is 3. The Morgan fingerprint density at radius 3 is 2.93 bits per heavy atom. The summed E-state index contributed by atoms with van der Waals surface area (Å²) >= 11 is 0. The van der Waals surface area contributed by atoms with Crippen molar-refractivity contribution >= 4 is 5.91 Å². The molecule has 1 fully saturated rings. The Kier molecular flexibility index (Phi) is 5.37. The monoisotopic (exact) mass is 376 g/mol. The molecule has 2 aromatic heterocycles. The minimum Gasteiger partial charge on any atom is -0.493 e. The molecule has 1 N–H and O–H groups in total. The first kappa shape index (κ1) is 18.2. The zero-order chi connectivity index (χ0) is 19.3. The Labute approximate surface area is 164 Å². The van der Waals surface area contributed by atoms with Gasteiger partial charge in [-0.25, -0.2) is 0 Å². The van der Waals surface area contributed by atoms with Crippen LogP contribution in [-0.2, 0) is 0 Å².